The summed E-state index contributed by atoms with van der Waals surface area (Å²) in [5, 5.41) is 8.11. The van der Waals surface area contributed by atoms with Crippen molar-refractivity contribution in [3.63, 3.8) is 0 Å². The lowest BCUT2D eigenvalue weighted by Gasteiger charge is -2.27. The number of aliphatic hydroxyl groups is 1. The molecule has 0 bridgehead atoms. The summed E-state index contributed by atoms with van der Waals surface area (Å²) in [6.45, 7) is -2.03. The zero-order chi connectivity index (χ0) is 15.5. The third-order valence-corrected chi connectivity index (χ3v) is 1.76. The Morgan fingerprint density at radius 1 is 0.789 bits per heavy atom. The van der Waals surface area contributed by atoms with Crippen LogP contribution >= 0.6 is 0 Å². The molecule has 1 N–H and O–H groups in total. The molecule has 0 fully saturated rings. The Labute approximate surface area is 101 Å². The van der Waals surface area contributed by atoms with Crippen molar-refractivity contribution in [1.82, 2.24) is 0 Å². The van der Waals surface area contributed by atoms with E-state index in [0.29, 0.717) is 0 Å². The van der Waals surface area contributed by atoms with Crippen molar-refractivity contribution in [2.45, 2.75) is 37.0 Å². The lowest BCUT2D eigenvalue weighted by Crippen LogP contribution is -2.44. The van der Waals surface area contributed by atoms with Crippen molar-refractivity contribution >= 4 is 0 Å². The zero-order valence-corrected chi connectivity index (χ0v) is 9.09. The number of aliphatic hydroxyl groups excluding tert-OH is 1. The van der Waals surface area contributed by atoms with E-state index >= 15 is 0 Å². The molecule has 0 spiro atoms. The second-order valence-electron chi connectivity index (χ2n) is 3.62. The van der Waals surface area contributed by atoms with Crippen LogP contribution < -0.4 is 0 Å². The number of ether oxygens (including phenoxy) is 1. The smallest absolute Gasteiger partial charge is 0.394 e. The number of alkyl halides is 9. The number of hydrogen-bond acceptors (Lipinski definition) is 2. The fraction of sp³-hybridized carbons (Fsp3) is 1.00. The third kappa shape index (κ3) is 6.32. The summed E-state index contributed by atoms with van der Waals surface area (Å²) in [6.07, 6.45) is -16.7. The summed E-state index contributed by atoms with van der Waals surface area (Å²) >= 11 is 0. The van der Waals surface area contributed by atoms with Crippen LogP contribution in [0.4, 0.5) is 39.5 Å². The van der Waals surface area contributed by atoms with E-state index in [0.717, 1.165) is 0 Å². The van der Waals surface area contributed by atoms with Crippen LogP contribution in [0, 0.1) is 0 Å². The minimum Gasteiger partial charge on any atom is -0.394 e. The largest absolute Gasteiger partial charge is 0.453 e. The van der Waals surface area contributed by atoms with Crippen LogP contribution in [0.25, 0.3) is 0 Å². The maximum atomic E-state index is 12.8. The molecule has 19 heavy (non-hydrogen) atoms. The molecule has 116 valence electrons. The van der Waals surface area contributed by atoms with Crippen LogP contribution in [0.15, 0.2) is 0 Å². The molecule has 0 unspecified atom stereocenters. The van der Waals surface area contributed by atoms with Gasteiger partial charge in [0.25, 0.3) is 5.92 Å². The summed E-state index contributed by atoms with van der Waals surface area (Å²) in [7, 11) is 0. The number of rotatable bonds is 7. The molecule has 0 amide bonds. The Balaban J connectivity index is 4.72. The highest BCUT2D eigenvalue weighted by Crippen LogP contribution is 2.45. The van der Waals surface area contributed by atoms with E-state index in [-0.39, 0.29) is 0 Å². The van der Waals surface area contributed by atoms with Crippen molar-refractivity contribution in [1.29, 1.82) is 0 Å². The third-order valence-electron chi connectivity index (χ3n) is 1.76. The Morgan fingerprint density at radius 3 is 1.63 bits per heavy atom. The van der Waals surface area contributed by atoms with Crippen LogP contribution in [-0.4, -0.2) is 42.5 Å². The van der Waals surface area contributed by atoms with Gasteiger partial charge >= 0.3 is 18.2 Å². The van der Waals surface area contributed by atoms with Crippen molar-refractivity contribution in [3.8, 4) is 0 Å². The number of halogens is 9. The van der Waals surface area contributed by atoms with E-state index < -0.39 is 50.2 Å². The highest BCUT2D eigenvalue weighted by atomic mass is 19.4. The lowest BCUT2D eigenvalue weighted by atomic mass is 10.1. The van der Waals surface area contributed by atoms with E-state index in [9.17, 15) is 39.5 Å². The standard InChI is InChI=1S/C8H9F9O2/c9-5(10,3-6(11,12)8(15,16)17)4-7(13,14)19-2-1-18/h18H,1-4H2. The van der Waals surface area contributed by atoms with E-state index in [1.807, 2.05) is 0 Å². The van der Waals surface area contributed by atoms with Crippen LogP contribution in [-0.2, 0) is 4.74 Å². The average Bonchev–Trinajstić information content (AvgIpc) is 2.09. The van der Waals surface area contributed by atoms with E-state index in [1.54, 1.807) is 0 Å². The molecule has 0 aliphatic heterocycles. The summed E-state index contributed by atoms with van der Waals surface area (Å²) in [5.74, 6) is -10.8. The fourth-order valence-electron chi connectivity index (χ4n) is 1.03. The summed E-state index contributed by atoms with van der Waals surface area (Å²) in [6, 6.07) is 0. The van der Waals surface area contributed by atoms with Gasteiger partial charge < -0.3 is 9.84 Å². The fourth-order valence-corrected chi connectivity index (χ4v) is 1.03. The first-order chi connectivity index (χ1) is 8.22. The first-order valence-electron chi connectivity index (χ1n) is 4.67. The van der Waals surface area contributed by atoms with Crippen LogP contribution in [0.5, 0.6) is 0 Å². The van der Waals surface area contributed by atoms with Gasteiger partial charge in [-0.2, -0.15) is 30.7 Å². The summed E-state index contributed by atoms with van der Waals surface area (Å²) < 4.78 is 114. The van der Waals surface area contributed by atoms with Gasteiger partial charge in [-0.1, -0.05) is 0 Å². The molecule has 0 aliphatic carbocycles. The van der Waals surface area contributed by atoms with Gasteiger partial charge in [0.15, 0.2) is 0 Å². The van der Waals surface area contributed by atoms with Gasteiger partial charge in [0.1, 0.15) is 6.42 Å². The predicted molar refractivity (Wildman–Crippen MR) is 43.2 cm³/mol. The van der Waals surface area contributed by atoms with Crippen LogP contribution in [0.3, 0.4) is 0 Å². The highest BCUT2D eigenvalue weighted by molar-refractivity contribution is 4.85. The van der Waals surface area contributed by atoms with Gasteiger partial charge in [-0.05, 0) is 0 Å². The average molecular weight is 308 g/mol. The minimum absolute atomic E-state index is 0.958. The molecule has 0 aliphatic rings. The zero-order valence-electron chi connectivity index (χ0n) is 9.09. The molecule has 0 saturated heterocycles. The molecule has 0 aromatic heterocycles. The molecule has 0 radical (unpaired) electrons. The minimum atomic E-state index is -6.27. The maximum Gasteiger partial charge on any atom is 0.453 e. The highest BCUT2D eigenvalue weighted by Gasteiger charge is 2.63. The van der Waals surface area contributed by atoms with Gasteiger partial charge in [-0.3, -0.25) is 0 Å². The van der Waals surface area contributed by atoms with Gasteiger partial charge in [-0.25, -0.2) is 8.78 Å². The first kappa shape index (κ1) is 18.3. The Bertz CT molecular complexity index is 286. The van der Waals surface area contributed by atoms with Crippen LogP contribution in [0.2, 0.25) is 0 Å². The molecule has 11 heteroatoms. The Morgan fingerprint density at radius 2 is 1.26 bits per heavy atom. The molecule has 2 nitrogen and oxygen atoms in total. The van der Waals surface area contributed by atoms with Crippen LogP contribution in [0.1, 0.15) is 12.8 Å². The van der Waals surface area contributed by atoms with E-state index in [4.69, 9.17) is 5.11 Å². The molecule has 0 aromatic carbocycles. The SMILES string of the molecule is OCCOC(F)(F)CC(F)(F)CC(F)(F)C(F)(F)F. The quantitative estimate of drug-likeness (QED) is 0.732. The Hall–Kier alpha value is -0.710. The van der Waals surface area contributed by atoms with Gasteiger partial charge in [-0.15, -0.1) is 0 Å². The number of hydrogen-bond donors (Lipinski definition) is 1. The second-order valence-corrected chi connectivity index (χ2v) is 3.62. The monoisotopic (exact) mass is 308 g/mol. The molecular formula is C8H9F9O2. The molecule has 0 rings (SSSR count). The molecule has 0 saturated carbocycles. The molecule has 0 aromatic rings. The van der Waals surface area contributed by atoms with Crippen molar-refractivity contribution in [2.75, 3.05) is 13.2 Å². The first-order valence-corrected chi connectivity index (χ1v) is 4.67. The molecule has 0 atom stereocenters. The van der Waals surface area contributed by atoms with Gasteiger partial charge in [0.2, 0.25) is 0 Å². The molecular weight excluding hydrogens is 299 g/mol. The van der Waals surface area contributed by atoms with Gasteiger partial charge in [0.05, 0.1) is 19.6 Å². The second kappa shape index (κ2) is 5.73. The summed E-state index contributed by atoms with van der Waals surface area (Å²) in [4.78, 5) is 0. The topological polar surface area (TPSA) is 29.5 Å². The normalized spacial score (nSPS) is 14.8. The van der Waals surface area contributed by atoms with Crippen molar-refractivity contribution in [3.05, 3.63) is 0 Å². The van der Waals surface area contributed by atoms with E-state index in [1.165, 1.54) is 0 Å². The van der Waals surface area contributed by atoms with Crippen molar-refractivity contribution in [2.24, 2.45) is 0 Å². The Kier molecular flexibility index (Phi) is 5.52. The molecule has 0 heterocycles. The summed E-state index contributed by atoms with van der Waals surface area (Å²) in [5.41, 5.74) is 0. The lowest BCUT2D eigenvalue weighted by molar-refractivity contribution is -0.317. The maximum absolute atomic E-state index is 12.8. The van der Waals surface area contributed by atoms with Gasteiger partial charge in [0, 0.05) is 0 Å². The van der Waals surface area contributed by atoms with E-state index in [2.05, 4.69) is 4.74 Å². The predicted octanol–water partition coefficient (Wildman–Crippen LogP) is 3.20. The van der Waals surface area contributed by atoms with Crippen molar-refractivity contribution < 1.29 is 49.4 Å².